The smallest absolute Gasteiger partial charge is 0.0302 e. The fraction of sp³-hybridized carbons (Fsp3) is 0.545. The molecule has 0 aromatic carbocycles. The molecule has 12 heavy (non-hydrogen) atoms. The van der Waals surface area contributed by atoms with E-state index < -0.39 is 0 Å². The van der Waals surface area contributed by atoms with Crippen molar-refractivity contribution >= 4 is 0 Å². The summed E-state index contributed by atoms with van der Waals surface area (Å²) in [6, 6.07) is 4.23. The van der Waals surface area contributed by atoms with Gasteiger partial charge in [-0.3, -0.25) is 4.98 Å². The molecule has 1 nitrogen and oxygen atoms in total. The first-order chi connectivity index (χ1) is 5.79. The van der Waals surface area contributed by atoms with Crippen molar-refractivity contribution < 1.29 is 0 Å². The first-order valence-corrected chi connectivity index (χ1v) is 4.69. The second kappa shape index (κ2) is 2.89. The van der Waals surface area contributed by atoms with Crippen molar-refractivity contribution in [2.75, 3.05) is 0 Å². The second-order valence-corrected chi connectivity index (χ2v) is 4.04. The summed E-state index contributed by atoms with van der Waals surface area (Å²) in [4.78, 5) is 4.14. The molecule has 0 N–H and O–H groups in total. The Labute approximate surface area is 73.8 Å². The first-order valence-electron chi connectivity index (χ1n) is 4.69. The lowest BCUT2D eigenvalue weighted by Gasteiger charge is -2.02. The van der Waals surface area contributed by atoms with Crippen LogP contribution in [0.2, 0.25) is 0 Å². The molecule has 1 aliphatic rings. The highest BCUT2D eigenvalue weighted by molar-refractivity contribution is 5.22. The Hall–Kier alpha value is -0.850. The standard InChI is InChI=1S/C11H15N/c1-8(2)10-6-11(10)9-4-3-5-12-7-9/h3-5,7-8,10-11H,6H2,1-2H3/t10-,11-/m0/s1. The maximum absolute atomic E-state index is 4.14. The molecule has 1 heteroatoms. The first kappa shape index (κ1) is 7.78. The van der Waals surface area contributed by atoms with Crippen LogP contribution in [-0.4, -0.2) is 4.98 Å². The molecule has 0 aliphatic heterocycles. The van der Waals surface area contributed by atoms with E-state index >= 15 is 0 Å². The van der Waals surface area contributed by atoms with E-state index in [1.165, 1.54) is 12.0 Å². The molecule has 0 spiro atoms. The fourth-order valence-electron chi connectivity index (χ4n) is 1.93. The van der Waals surface area contributed by atoms with Crippen LogP contribution in [0, 0.1) is 11.8 Å². The van der Waals surface area contributed by atoms with E-state index in [4.69, 9.17) is 0 Å². The predicted molar refractivity (Wildman–Crippen MR) is 49.9 cm³/mol. The van der Waals surface area contributed by atoms with E-state index in [0.717, 1.165) is 17.8 Å². The van der Waals surface area contributed by atoms with Crippen LogP contribution in [0.3, 0.4) is 0 Å². The fourth-order valence-corrected chi connectivity index (χ4v) is 1.93. The number of hydrogen-bond acceptors (Lipinski definition) is 1. The zero-order chi connectivity index (χ0) is 8.55. The van der Waals surface area contributed by atoms with Crippen LogP contribution in [0.1, 0.15) is 31.7 Å². The van der Waals surface area contributed by atoms with Gasteiger partial charge in [0.25, 0.3) is 0 Å². The molecule has 0 amide bonds. The monoisotopic (exact) mass is 161 g/mol. The van der Waals surface area contributed by atoms with Gasteiger partial charge in [0, 0.05) is 12.4 Å². The van der Waals surface area contributed by atoms with Crippen LogP contribution in [-0.2, 0) is 0 Å². The molecule has 0 saturated heterocycles. The van der Waals surface area contributed by atoms with E-state index in [2.05, 4.69) is 24.9 Å². The lowest BCUT2D eigenvalue weighted by atomic mass is 10.0. The highest BCUT2D eigenvalue weighted by atomic mass is 14.6. The number of rotatable bonds is 2. The van der Waals surface area contributed by atoms with Gasteiger partial charge in [-0.15, -0.1) is 0 Å². The van der Waals surface area contributed by atoms with Crippen molar-refractivity contribution in [2.45, 2.75) is 26.2 Å². The van der Waals surface area contributed by atoms with Crippen LogP contribution in [0.5, 0.6) is 0 Å². The number of aromatic nitrogens is 1. The van der Waals surface area contributed by atoms with Crippen molar-refractivity contribution in [3.63, 3.8) is 0 Å². The molecular weight excluding hydrogens is 146 g/mol. The zero-order valence-electron chi connectivity index (χ0n) is 7.70. The van der Waals surface area contributed by atoms with Gasteiger partial charge in [0.2, 0.25) is 0 Å². The summed E-state index contributed by atoms with van der Waals surface area (Å²) in [6.07, 6.45) is 5.21. The van der Waals surface area contributed by atoms with Gasteiger partial charge >= 0.3 is 0 Å². The molecule has 2 rings (SSSR count). The molecule has 0 unspecified atom stereocenters. The lowest BCUT2D eigenvalue weighted by molar-refractivity contribution is 0.548. The molecule has 1 aliphatic carbocycles. The third-order valence-electron chi connectivity index (χ3n) is 2.81. The maximum atomic E-state index is 4.14. The normalized spacial score (nSPS) is 27.6. The lowest BCUT2D eigenvalue weighted by Crippen LogP contribution is -1.92. The summed E-state index contributed by atoms with van der Waals surface area (Å²) < 4.78 is 0. The molecule has 0 radical (unpaired) electrons. The van der Waals surface area contributed by atoms with E-state index in [1.807, 2.05) is 18.5 Å². The van der Waals surface area contributed by atoms with Gasteiger partial charge in [-0.25, -0.2) is 0 Å². The minimum absolute atomic E-state index is 0.804. The van der Waals surface area contributed by atoms with Crippen molar-refractivity contribution in [3.05, 3.63) is 30.1 Å². The molecule has 1 fully saturated rings. The quantitative estimate of drug-likeness (QED) is 0.650. The largest absolute Gasteiger partial charge is 0.264 e. The Morgan fingerprint density at radius 3 is 2.83 bits per heavy atom. The minimum atomic E-state index is 0.804. The van der Waals surface area contributed by atoms with Crippen LogP contribution >= 0.6 is 0 Å². The number of pyridine rings is 1. The van der Waals surface area contributed by atoms with Crippen LogP contribution in [0.15, 0.2) is 24.5 Å². The summed E-state index contributed by atoms with van der Waals surface area (Å²) in [5.41, 5.74) is 1.43. The highest BCUT2D eigenvalue weighted by Gasteiger charge is 2.40. The number of hydrogen-bond donors (Lipinski definition) is 0. The number of nitrogens with zero attached hydrogens (tertiary/aromatic N) is 1. The highest BCUT2D eigenvalue weighted by Crippen LogP contribution is 2.51. The molecule has 1 heterocycles. The van der Waals surface area contributed by atoms with Gasteiger partial charge in [-0.05, 0) is 35.8 Å². The summed E-state index contributed by atoms with van der Waals surface area (Å²) in [5, 5.41) is 0. The van der Waals surface area contributed by atoms with Crippen molar-refractivity contribution in [1.82, 2.24) is 4.98 Å². The van der Waals surface area contributed by atoms with E-state index in [1.54, 1.807) is 0 Å². The van der Waals surface area contributed by atoms with Gasteiger partial charge < -0.3 is 0 Å². The average Bonchev–Trinajstić information content (AvgIpc) is 2.84. The van der Waals surface area contributed by atoms with E-state index in [0.29, 0.717) is 0 Å². The van der Waals surface area contributed by atoms with Crippen molar-refractivity contribution in [3.8, 4) is 0 Å². The summed E-state index contributed by atoms with van der Waals surface area (Å²) in [6.45, 7) is 4.61. The molecule has 1 aromatic rings. The van der Waals surface area contributed by atoms with E-state index in [-0.39, 0.29) is 0 Å². The Morgan fingerprint density at radius 1 is 1.50 bits per heavy atom. The zero-order valence-corrected chi connectivity index (χ0v) is 7.70. The van der Waals surface area contributed by atoms with Gasteiger partial charge in [0.1, 0.15) is 0 Å². The van der Waals surface area contributed by atoms with Crippen molar-refractivity contribution in [1.29, 1.82) is 0 Å². The summed E-state index contributed by atoms with van der Waals surface area (Å²) >= 11 is 0. The van der Waals surface area contributed by atoms with Crippen LogP contribution in [0.25, 0.3) is 0 Å². The van der Waals surface area contributed by atoms with Crippen LogP contribution in [0.4, 0.5) is 0 Å². The topological polar surface area (TPSA) is 12.9 Å². The SMILES string of the molecule is CC(C)[C@@H]1C[C@H]1c1cccnc1. The molecule has 0 bridgehead atoms. The molecular formula is C11H15N. The third kappa shape index (κ3) is 1.36. The van der Waals surface area contributed by atoms with Crippen molar-refractivity contribution in [2.24, 2.45) is 11.8 Å². The van der Waals surface area contributed by atoms with E-state index in [9.17, 15) is 0 Å². The molecule has 1 aromatic heterocycles. The Bertz CT molecular complexity index is 253. The predicted octanol–water partition coefficient (Wildman–Crippen LogP) is 2.84. The Morgan fingerprint density at radius 2 is 2.33 bits per heavy atom. The average molecular weight is 161 g/mol. The maximum Gasteiger partial charge on any atom is 0.0302 e. The van der Waals surface area contributed by atoms with Gasteiger partial charge in [-0.2, -0.15) is 0 Å². The summed E-state index contributed by atoms with van der Waals surface area (Å²) in [7, 11) is 0. The Balaban J connectivity index is 2.06. The molecule has 64 valence electrons. The van der Waals surface area contributed by atoms with Crippen LogP contribution < -0.4 is 0 Å². The second-order valence-electron chi connectivity index (χ2n) is 4.04. The molecule has 1 saturated carbocycles. The van der Waals surface area contributed by atoms with Gasteiger partial charge in [0.05, 0.1) is 0 Å². The van der Waals surface area contributed by atoms with Gasteiger partial charge in [-0.1, -0.05) is 19.9 Å². The minimum Gasteiger partial charge on any atom is -0.264 e. The van der Waals surface area contributed by atoms with Gasteiger partial charge in [0.15, 0.2) is 0 Å². The third-order valence-corrected chi connectivity index (χ3v) is 2.81. The summed E-state index contributed by atoms with van der Waals surface area (Å²) in [5.74, 6) is 2.54. The Kier molecular flexibility index (Phi) is 1.87. The molecule has 2 atom stereocenters.